The van der Waals surface area contributed by atoms with Crippen LogP contribution in [0.2, 0.25) is 0 Å². The number of nitrogens with zero attached hydrogens (tertiary/aromatic N) is 4. The van der Waals surface area contributed by atoms with Crippen LogP contribution in [-0.4, -0.2) is 75.0 Å². The zero-order valence-corrected chi connectivity index (χ0v) is 13.3. The first-order chi connectivity index (χ1) is 11.7. The van der Waals surface area contributed by atoms with E-state index in [0.29, 0.717) is 24.4 Å². The van der Waals surface area contributed by atoms with Crippen molar-refractivity contribution in [3.05, 3.63) is 30.2 Å². The quantitative estimate of drug-likeness (QED) is 0.801. The van der Waals surface area contributed by atoms with Crippen LogP contribution >= 0.6 is 0 Å². The Morgan fingerprint density at radius 1 is 1.33 bits per heavy atom. The topological polar surface area (TPSA) is 92.0 Å². The second-order valence-corrected chi connectivity index (χ2v) is 6.31. The number of hydrogen-bond acceptors (Lipinski definition) is 6. The second-order valence-electron chi connectivity index (χ2n) is 6.31. The number of ether oxygens (including phenoxy) is 1. The molecule has 2 aliphatic rings. The van der Waals surface area contributed by atoms with E-state index in [1.165, 1.54) is 6.20 Å². The minimum atomic E-state index is -0.568. The Bertz CT molecular complexity index is 727. The Labute approximate surface area is 139 Å². The van der Waals surface area contributed by atoms with Crippen LogP contribution in [0.15, 0.2) is 24.7 Å². The number of aliphatic hydroxyl groups is 1. The van der Waals surface area contributed by atoms with E-state index < -0.39 is 6.10 Å². The summed E-state index contributed by atoms with van der Waals surface area (Å²) in [5.74, 6) is -0.240. The molecule has 1 saturated heterocycles. The molecule has 24 heavy (non-hydrogen) atoms. The molecule has 8 heteroatoms. The Kier molecular flexibility index (Phi) is 4.17. The van der Waals surface area contributed by atoms with Gasteiger partial charge in [0.2, 0.25) is 0 Å². The van der Waals surface area contributed by atoms with E-state index in [-0.39, 0.29) is 18.0 Å². The summed E-state index contributed by atoms with van der Waals surface area (Å²) in [6.45, 7) is 3.07. The molecule has 0 unspecified atom stereocenters. The highest BCUT2D eigenvalue weighted by molar-refractivity contribution is 5.99. The summed E-state index contributed by atoms with van der Waals surface area (Å²) in [4.78, 5) is 19.0. The Balaban J connectivity index is 1.44. The van der Waals surface area contributed by atoms with E-state index in [0.717, 1.165) is 25.9 Å². The summed E-state index contributed by atoms with van der Waals surface area (Å²) in [5, 5.41) is 17.7. The number of rotatable bonds is 3. The van der Waals surface area contributed by atoms with Crippen molar-refractivity contribution in [3.63, 3.8) is 0 Å². The maximum Gasteiger partial charge on any atom is 0.257 e. The smallest absolute Gasteiger partial charge is 0.257 e. The molecular formula is C16H21N5O3. The number of carbonyl (C=O) groups excluding carboxylic acids is 1. The van der Waals surface area contributed by atoms with Gasteiger partial charge in [0.1, 0.15) is 5.56 Å². The molecule has 128 valence electrons. The van der Waals surface area contributed by atoms with Gasteiger partial charge in [-0.1, -0.05) is 0 Å². The van der Waals surface area contributed by atoms with Gasteiger partial charge in [-0.15, -0.1) is 0 Å². The number of amides is 1. The van der Waals surface area contributed by atoms with Gasteiger partial charge in [0.15, 0.2) is 5.65 Å². The lowest BCUT2D eigenvalue weighted by Crippen LogP contribution is -2.51. The molecule has 8 nitrogen and oxygen atoms in total. The van der Waals surface area contributed by atoms with Gasteiger partial charge in [-0.2, -0.15) is 5.10 Å². The van der Waals surface area contributed by atoms with Gasteiger partial charge in [0, 0.05) is 31.5 Å². The fraction of sp³-hybridized carbons (Fsp3) is 0.562. The number of nitrogens with one attached hydrogen (secondary N) is 1. The predicted octanol–water partition coefficient (Wildman–Crippen LogP) is -0.317. The van der Waals surface area contributed by atoms with E-state index in [1.54, 1.807) is 23.0 Å². The van der Waals surface area contributed by atoms with Crippen molar-refractivity contribution >= 4 is 11.6 Å². The third-order valence-electron chi connectivity index (χ3n) is 4.94. The molecular weight excluding hydrogens is 310 g/mol. The summed E-state index contributed by atoms with van der Waals surface area (Å²) in [7, 11) is 0. The van der Waals surface area contributed by atoms with Gasteiger partial charge in [-0.05, 0) is 18.9 Å². The third kappa shape index (κ3) is 2.77. The molecule has 3 atom stereocenters. The average molecular weight is 331 g/mol. The molecule has 2 aromatic heterocycles. The second kappa shape index (κ2) is 6.46. The molecule has 0 spiro atoms. The molecule has 1 aliphatic heterocycles. The van der Waals surface area contributed by atoms with Gasteiger partial charge >= 0.3 is 0 Å². The number of fused-ring (bicyclic) bond motifs is 1. The summed E-state index contributed by atoms with van der Waals surface area (Å²) >= 11 is 0. The largest absolute Gasteiger partial charge is 0.389 e. The molecule has 4 rings (SSSR count). The molecule has 1 aliphatic carbocycles. The predicted molar refractivity (Wildman–Crippen MR) is 85.7 cm³/mol. The van der Waals surface area contributed by atoms with Crippen molar-refractivity contribution in [1.82, 2.24) is 24.8 Å². The molecule has 0 aromatic carbocycles. The van der Waals surface area contributed by atoms with Gasteiger partial charge in [-0.3, -0.25) is 9.69 Å². The van der Waals surface area contributed by atoms with Crippen LogP contribution in [0.4, 0.5) is 0 Å². The molecule has 1 saturated carbocycles. The lowest BCUT2D eigenvalue weighted by molar-refractivity contribution is -0.0154. The van der Waals surface area contributed by atoms with Gasteiger partial charge in [0.05, 0.1) is 31.6 Å². The summed E-state index contributed by atoms with van der Waals surface area (Å²) in [6, 6.07) is 1.60. The van der Waals surface area contributed by atoms with E-state index in [4.69, 9.17) is 4.74 Å². The Hall–Kier alpha value is -2.03. The van der Waals surface area contributed by atoms with Crippen molar-refractivity contribution in [2.45, 2.75) is 31.0 Å². The van der Waals surface area contributed by atoms with E-state index >= 15 is 0 Å². The highest BCUT2D eigenvalue weighted by atomic mass is 16.5. The summed E-state index contributed by atoms with van der Waals surface area (Å²) in [6.07, 6.45) is 5.96. The molecule has 3 heterocycles. The van der Waals surface area contributed by atoms with Gasteiger partial charge in [0.25, 0.3) is 5.91 Å². The first kappa shape index (κ1) is 15.5. The van der Waals surface area contributed by atoms with Crippen molar-refractivity contribution in [1.29, 1.82) is 0 Å². The van der Waals surface area contributed by atoms with Crippen LogP contribution in [0.1, 0.15) is 23.2 Å². The SMILES string of the molecule is O=C(N[C@@H]1CC[C@@H](N2CCOCC2)[C@@H]1O)c1cnn2cccnc12. The number of morpholine rings is 1. The molecule has 0 radical (unpaired) electrons. The lowest BCUT2D eigenvalue weighted by atomic mass is 10.1. The van der Waals surface area contributed by atoms with Crippen LogP contribution < -0.4 is 5.32 Å². The van der Waals surface area contributed by atoms with Crippen molar-refractivity contribution < 1.29 is 14.6 Å². The Morgan fingerprint density at radius 2 is 2.17 bits per heavy atom. The zero-order chi connectivity index (χ0) is 16.5. The van der Waals surface area contributed by atoms with Crippen LogP contribution in [0.3, 0.4) is 0 Å². The molecule has 0 bridgehead atoms. The van der Waals surface area contributed by atoms with E-state index in [2.05, 4.69) is 20.3 Å². The monoisotopic (exact) mass is 331 g/mol. The van der Waals surface area contributed by atoms with E-state index in [1.807, 2.05) is 0 Å². The van der Waals surface area contributed by atoms with Gasteiger partial charge in [-0.25, -0.2) is 9.50 Å². The van der Waals surface area contributed by atoms with Crippen LogP contribution in [0.5, 0.6) is 0 Å². The zero-order valence-electron chi connectivity index (χ0n) is 13.3. The number of aliphatic hydroxyl groups excluding tert-OH is 1. The van der Waals surface area contributed by atoms with Crippen LogP contribution in [0.25, 0.3) is 5.65 Å². The number of aromatic nitrogens is 3. The minimum absolute atomic E-state index is 0.0845. The fourth-order valence-electron chi connectivity index (χ4n) is 3.66. The van der Waals surface area contributed by atoms with Crippen molar-refractivity contribution in [2.75, 3.05) is 26.3 Å². The molecule has 1 amide bonds. The first-order valence-corrected chi connectivity index (χ1v) is 8.33. The maximum atomic E-state index is 12.6. The minimum Gasteiger partial charge on any atom is -0.389 e. The highest BCUT2D eigenvalue weighted by Crippen LogP contribution is 2.26. The standard InChI is InChI=1S/C16H21N5O3/c22-14-12(2-3-13(14)20-6-8-24-9-7-20)19-16(23)11-10-18-21-5-1-4-17-15(11)21/h1,4-5,10,12-14,22H,2-3,6-9H2,(H,19,23)/t12-,13-,14-/m1/s1. The summed E-state index contributed by atoms with van der Waals surface area (Å²) in [5.41, 5.74) is 0.949. The van der Waals surface area contributed by atoms with Crippen LogP contribution in [-0.2, 0) is 4.74 Å². The molecule has 2 aromatic rings. The van der Waals surface area contributed by atoms with Gasteiger partial charge < -0.3 is 15.2 Å². The third-order valence-corrected chi connectivity index (χ3v) is 4.94. The fourth-order valence-corrected chi connectivity index (χ4v) is 3.66. The van der Waals surface area contributed by atoms with Crippen LogP contribution in [0, 0.1) is 0 Å². The van der Waals surface area contributed by atoms with E-state index in [9.17, 15) is 9.90 Å². The van der Waals surface area contributed by atoms with Crippen molar-refractivity contribution in [3.8, 4) is 0 Å². The Morgan fingerprint density at radius 3 is 3.00 bits per heavy atom. The first-order valence-electron chi connectivity index (χ1n) is 8.33. The normalized spacial score (nSPS) is 28.3. The highest BCUT2D eigenvalue weighted by Gasteiger charge is 2.39. The lowest BCUT2D eigenvalue weighted by Gasteiger charge is -2.34. The van der Waals surface area contributed by atoms with Crippen molar-refractivity contribution in [2.24, 2.45) is 0 Å². The summed E-state index contributed by atoms with van der Waals surface area (Å²) < 4.78 is 6.93. The maximum absolute atomic E-state index is 12.6. The number of carbonyl (C=O) groups is 1. The molecule has 2 N–H and O–H groups in total. The molecule has 2 fully saturated rings. The number of hydrogen-bond donors (Lipinski definition) is 2. The average Bonchev–Trinajstić information content (AvgIpc) is 3.20.